The third-order valence-corrected chi connectivity index (χ3v) is 3.83. The summed E-state index contributed by atoms with van der Waals surface area (Å²) in [4.78, 5) is 11.2. The van der Waals surface area contributed by atoms with Crippen molar-refractivity contribution < 1.29 is 4.74 Å². The highest BCUT2D eigenvalue weighted by Gasteiger charge is 2.46. The number of epoxide rings is 1. The van der Waals surface area contributed by atoms with Crippen LogP contribution in [0.2, 0.25) is 0 Å². The Hall–Kier alpha value is -1.16. The quantitative estimate of drug-likeness (QED) is 0.732. The van der Waals surface area contributed by atoms with Gasteiger partial charge in [-0.15, -0.1) is 0 Å². The summed E-state index contributed by atoms with van der Waals surface area (Å²) in [5, 5.41) is 0. The minimum absolute atomic E-state index is 0.231. The van der Waals surface area contributed by atoms with Crippen molar-refractivity contribution in [3.8, 4) is 0 Å². The first-order valence-electron chi connectivity index (χ1n) is 6.39. The fourth-order valence-corrected chi connectivity index (χ4v) is 2.30. The summed E-state index contributed by atoms with van der Waals surface area (Å²) >= 11 is 0. The lowest BCUT2D eigenvalue weighted by atomic mass is 9.98. The van der Waals surface area contributed by atoms with Gasteiger partial charge in [-0.1, -0.05) is 13.8 Å². The maximum absolute atomic E-state index is 5.50. The molecule has 1 spiro atoms. The number of piperidine rings is 1. The van der Waals surface area contributed by atoms with Gasteiger partial charge >= 0.3 is 0 Å². The normalized spacial score (nSPS) is 22.2. The summed E-state index contributed by atoms with van der Waals surface area (Å²) in [5.41, 5.74) is 1.43. The number of anilines is 1. The van der Waals surface area contributed by atoms with Crippen LogP contribution in [0.4, 0.5) is 5.95 Å². The predicted octanol–water partition coefficient (Wildman–Crippen LogP) is 1.97. The van der Waals surface area contributed by atoms with E-state index in [0.29, 0.717) is 5.92 Å². The van der Waals surface area contributed by atoms with Crippen molar-refractivity contribution in [2.45, 2.75) is 38.2 Å². The van der Waals surface area contributed by atoms with E-state index in [-0.39, 0.29) is 5.60 Å². The Morgan fingerprint density at radius 2 is 1.82 bits per heavy atom. The van der Waals surface area contributed by atoms with Crippen LogP contribution in [0.1, 0.15) is 38.2 Å². The van der Waals surface area contributed by atoms with Crippen LogP contribution < -0.4 is 4.90 Å². The summed E-state index contributed by atoms with van der Waals surface area (Å²) in [6.45, 7) is 7.30. The van der Waals surface area contributed by atoms with E-state index in [1.54, 1.807) is 0 Å². The first-order valence-corrected chi connectivity index (χ1v) is 6.39. The molecule has 0 bridgehead atoms. The van der Waals surface area contributed by atoms with E-state index in [9.17, 15) is 0 Å². The monoisotopic (exact) mass is 233 g/mol. The Bertz CT molecular complexity index is 388. The van der Waals surface area contributed by atoms with Crippen LogP contribution >= 0.6 is 0 Å². The van der Waals surface area contributed by atoms with Crippen LogP contribution in [0.25, 0.3) is 0 Å². The van der Waals surface area contributed by atoms with Crippen molar-refractivity contribution >= 4 is 5.95 Å². The smallest absolute Gasteiger partial charge is 0.225 e. The minimum atomic E-state index is 0.231. The Morgan fingerprint density at radius 1 is 1.24 bits per heavy atom. The molecule has 0 atom stereocenters. The van der Waals surface area contributed by atoms with Crippen molar-refractivity contribution in [1.29, 1.82) is 0 Å². The summed E-state index contributed by atoms with van der Waals surface area (Å²) < 4.78 is 5.50. The van der Waals surface area contributed by atoms with E-state index in [1.165, 1.54) is 5.56 Å². The van der Waals surface area contributed by atoms with Gasteiger partial charge in [0.2, 0.25) is 5.95 Å². The molecule has 0 radical (unpaired) electrons. The number of ether oxygens (including phenoxy) is 1. The minimum Gasteiger partial charge on any atom is -0.369 e. The Morgan fingerprint density at radius 3 is 2.29 bits per heavy atom. The number of hydrogen-bond acceptors (Lipinski definition) is 4. The van der Waals surface area contributed by atoms with E-state index in [2.05, 4.69) is 28.7 Å². The van der Waals surface area contributed by atoms with Crippen LogP contribution in [0.3, 0.4) is 0 Å². The largest absolute Gasteiger partial charge is 0.369 e. The van der Waals surface area contributed by atoms with E-state index in [0.717, 1.165) is 38.5 Å². The summed E-state index contributed by atoms with van der Waals surface area (Å²) in [7, 11) is 0. The Labute approximate surface area is 102 Å². The lowest BCUT2D eigenvalue weighted by Crippen LogP contribution is -2.38. The first kappa shape index (κ1) is 11.0. The van der Waals surface area contributed by atoms with Crippen molar-refractivity contribution in [1.82, 2.24) is 9.97 Å². The van der Waals surface area contributed by atoms with Gasteiger partial charge in [-0.25, -0.2) is 9.97 Å². The van der Waals surface area contributed by atoms with Gasteiger partial charge in [0.1, 0.15) is 0 Å². The van der Waals surface area contributed by atoms with E-state index >= 15 is 0 Å². The maximum Gasteiger partial charge on any atom is 0.225 e. The molecule has 0 unspecified atom stereocenters. The number of hydrogen-bond donors (Lipinski definition) is 0. The molecule has 1 aromatic heterocycles. The van der Waals surface area contributed by atoms with E-state index in [4.69, 9.17) is 4.74 Å². The second-order valence-electron chi connectivity index (χ2n) is 5.43. The molecule has 4 heteroatoms. The highest BCUT2D eigenvalue weighted by Crippen LogP contribution is 2.38. The summed E-state index contributed by atoms with van der Waals surface area (Å²) in [6.07, 6.45) is 6.13. The highest BCUT2D eigenvalue weighted by molar-refractivity contribution is 5.32. The van der Waals surface area contributed by atoms with E-state index in [1.807, 2.05) is 12.4 Å². The molecule has 2 saturated heterocycles. The fraction of sp³-hybridized carbons (Fsp3) is 0.692. The molecule has 3 heterocycles. The summed E-state index contributed by atoms with van der Waals surface area (Å²) in [6, 6.07) is 0. The SMILES string of the molecule is CC(C)c1cnc(N2CCC3(CC2)CO3)nc1. The third kappa shape index (κ3) is 2.14. The van der Waals surface area contributed by atoms with Gasteiger partial charge in [0.05, 0.1) is 12.2 Å². The zero-order valence-corrected chi connectivity index (χ0v) is 10.5. The Balaban J connectivity index is 1.67. The van der Waals surface area contributed by atoms with Crippen LogP contribution in [0.5, 0.6) is 0 Å². The second-order valence-corrected chi connectivity index (χ2v) is 5.43. The molecule has 92 valence electrons. The molecule has 2 aliphatic rings. The second kappa shape index (κ2) is 3.95. The Kier molecular flexibility index (Phi) is 2.54. The standard InChI is InChI=1S/C13H19N3O/c1-10(2)11-7-14-12(15-8-11)16-5-3-13(4-6-16)9-17-13/h7-8,10H,3-6,9H2,1-2H3. The van der Waals surface area contributed by atoms with Crippen molar-refractivity contribution in [2.75, 3.05) is 24.6 Å². The van der Waals surface area contributed by atoms with Crippen molar-refractivity contribution in [3.63, 3.8) is 0 Å². The van der Waals surface area contributed by atoms with E-state index < -0.39 is 0 Å². The molecule has 0 saturated carbocycles. The molecular formula is C13H19N3O. The zero-order chi connectivity index (χ0) is 11.9. The van der Waals surface area contributed by atoms with Gasteiger partial charge in [0, 0.05) is 25.5 Å². The van der Waals surface area contributed by atoms with Gasteiger partial charge in [-0.2, -0.15) is 0 Å². The van der Waals surface area contributed by atoms with Crippen molar-refractivity contribution in [2.24, 2.45) is 0 Å². The fourth-order valence-electron chi connectivity index (χ4n) is 2.30. The molecule has 2 aliphatic heterocycles. The zero-order valence-electron chi connectivity index (χ0n) is 10.5. The van der Waals surface area contributed by atoms with Gasteiger partial charge in [-0.3, -0.25) is 0 Å². The van der Waals surface area contributed by atoms with Crippen LogP contribution in [-0.2, 0) is 4.74 Å². The molecule has 0 amide bonds. The predicted molar refractivity (Wildman–Crippen MR) is 66.3 cm³/mol. The molecule has 3 rings (SSSR count). The number of rotatable bonds is 2. The average molecular weight is 233 g/mol. The molecule has 0 aromatic carbocycles. The number of aromatic nitrogens is 2. The highest BCUT2D eigenvalue weighted by atomic mass is 16.6. The third-order valence-electron chi connectivity index (χ3n) is 3.83. The topological polar surface area (TPSA) is 41.6 Å². The summed E-state index contributed by atoms with van der Waals surface area (Å²) in [5.74, 6) is 1.36. The average Bonchev–Trinajstić information content (AvgIpc) is 3.10. The molecule has 0 aliphatic carbocycles. The molecule has 4 nitrogen and oxygen atoms in total. The lowest BCUT2D eigenvalue weighted by molar-refractivity contribution is 0.258. The van der Waals surface area contributed by atoms with Crippen LogP contribution in [0, 0.1) is 0 Å². The maximum atomic E-state index is 5.50. The molecule has 1 aromatic rings. The van der Waals surface area contributed by atoms with Gasteiger partial charge in [0.25, 0.3) is 0 Å². The van der Waals surface area contributed by atoms with Crippen LogP contribution in [-0.4, -0.2) is 35.3 Å². The molecule has 0 N–H and O–H groups in total. The van der Waals surface area contributed by atoms with Crippen molar-refractivity contribution in [3.05, 3.63) is 18.0 Å². The van der Waals surface area contributed by atoms with Gasteiger partial charge < -0.3 is 9.64 Å². The number of nitrogens with zero attached hydrogens (tertiary/aromatic N) is 3. The molecular weight excluding hydrogens is 214 g/mol. The first-order chi connectivity index (χ1) is 8.19. The molecule has 17 heavy (non-hydrogen) atoms. The molecule has 2 fully saturated rings. The lowest BCUT2D eigenvalue weighted by Gasteiger charge is -2.30. The van der Waals surface area contributed by atoms with Crippen LogP contribution in [0.15, 0.2) is 12.4 Å². The van der Waals surface area contributed by atoms with Gasteiger partial charge in [-0.05, 0) is 24.3 Å². The van der Waals surface area contributed by atoms with Gasteiger partial charge in [0.15, 0.2) is 0 Å².